The minimum absolute atomic E-state index is 0.0195. The van der Waals surface area contributed by atoms with Gasteiger partial charge in [-0.05, 0) is 82.8 Å². The first-order valence-corrected chi connectivity index (χ1v) is 15.0. The first kappa shape index (κ1) is 26.4. The van der Waals surface area contributed by atoms with E-state index in [1.165, 1.54) is 6.33 Å². The Balaban J connectivity index is 1.15. The van der Waals surface area contributed by atoms with Gasteiger partial charge in [0.2, 0.25) is 0 Å². The maximum absolute atomic E-state index is 12.7. The van der Waals surface area contributed by atoms with Gasteiger partial charge in [-0.1, -0.05) is 11.6 Å². The number of rotatable bonds is 2. The largest absolute Gasteiger partial charge is 0.444 e. The van der Waals surface area contributed by atoms with E-state index in [2.05, 4.69) is 30.8 Å². The lowest BCUT2D eigenvalue weighted by Gasteiger charge is -2.46. The average molecular weight is 625 g/mol. The van der Waals surface area contributed by atoms with E-state index in [0.29, 0.717) is 23.9 Å². The standard InChI is InChI=1S/C27H35BrClN5O5/c1-24(2,3)38-23(35)32-11-8-26(9-12-32)7-6-10-34(26)17-18-27(17)19(37-25(4,5)39-27)22(36-18)33-13-15(28)16-20(29)30-14-31-21(16)33/h13-14,17-19,22H,6-12H2,1-5H3/t17?,18-,19+,22-,27-/m1/s1. The summed E-state index contributed by atoms with van der Waals surface area (Å²) in [6, 6.07) is 0.0968. The van der Waals surface area contributed by atoms with E-state index < -0.39 is 23.2 Å². The van der Waals surface area contributed by atoms with Crippen LogP contribution in [0, 0.1) is 0 Å². The molecule has 2 aromatic heterocycles. The highest BCUT2D eigenvalue weighted by molar-refractivity contribution is 9.10. The van der Waals surface area contributed by atoms with Crippen molar-refractivity contribution in [3.05, 3.63) is 22.1 Å². The summed E-state index contributed by atoms with van der Waals surface area (Å²) in [4.78, 5) is 25.9. The van der Waals surface area contributed by atoms with Crippen LogP contribution < -0.4 is 0 Å². The van der Waals surface area contributed by atoms with Crippen LogP contribution in [0.1, 0.15) is 66.5 Å². The van der Waals surface area contributed by atoms with E-state index in [1.807, 2.05) is 50.3 Å². The molecule has 5 aliphatic rings. The number of amides is 1. The van der Waals surface area contributed by atoms with Gasteiger partial charge in [0.25, 0.3) is 0 Å². The summed E-state index contributed by atoms with van der Waals surface area (Å²) in [7, 11) is 0. The van der Waals surface area contributed by atoms with Gasteiger partial charge in [-0.15, -0.1) is 0 Å². The van der Waals surface area contributed by atoms with Gasteiger partial charge >= 0.3 is 6.09 Å². The first-order valence-electron chi connectivity index (χ1n) is 13.8. The van der Waals surface area contributed by atoms with Crippen LogP contribution in [0.3, 0.4) is 0 Å². The molecule has 6 heterocycles. The lowest BCUT2D eigenvalue weighted by molar-refractivity contribution is -0.183. The van der Waals surface area contributed by atoms with Gasteiger partial charge in [0, 0.05) is 29.3 Å². The fourth-order valence-electron chi connectivity index (χ4n) is 7.55. The number of aromatic nitrogens is 3. The maximum Gasteiger partial charge on any atom is 0.410 e. The van der Waals surface area contributed by atoms with Crippen molar-refractivity contribution in [1.29, 1.82) is 0 Å². The molecule has 39 heavy (non-hydrogen) atoms. The van der Waals surface area contributed by atoms with Crippen LogP contribution in [0.5, 0.6) is 0 Å². The summed E-state index contributed by atoms with van der Waals surface area (Å²) in [5.41, 5.74) is -0.344. The Hall–Kier alpha value is -1.50. The predicted molar refractivity (Wildman–Crippen MR) is 146 cm³/mol. The van der Waals surface area contributed by atoms with Crippen LogP contribution in [0.2, 0.25) is 5.15 Å². The van der Waals surface area contributed by atoms with Crippen LogP contribution in [0.15, 0.2) is 17.0 Å². The second-order valence-corrected chi connectivity index (χ2v) is 14.2. The zero-order chi connectivity index (χ0) is 27.5. The fourth-order valence-corrected chi connectivity index (χ4v) is 8.48. The smallest absolute Gasteiger partial charge is 0.410 e. The highest BCUT2D eigenvalue weighted by Gasteiger charge is 2.85. The summed E-state index contributed by atoms with van der Waals surface area (Å²) < 4.78 is 28.5. The van der Waals surface area contributed by atoms with Crippen LogP contribution >= 0.6 is 27.5 Å². The fraction of sp³-hybridized carbons (Fsp3) is 0.741. The molecule has 4 aliphatic heterocycles. The second kappa shape index (κ2) is 8.51. The summed E-state index contributed by atoms with van der Waals surface area (Å²) in [5.74, 6) is -0.737. The second-order valence-electron chi connectivity index (χ2n) is 13.0. The van der Waals surface area contributed by atoms with Gasteiger partial charge in [0.05, 0.1) is 11.4 Å². The average Bonchev–Trinajstić information content (AvgIpc) is 3.23. The molecule has 212 valence electrons. The molecule has 0 radical (unpaired) electrons. The van der Waals surface area contributed by atoms with Gasteiger partial charge in [-0.3, -0.25) is 4.90 Å². The normalized spacial score (nSPS) is 35.0. The zero-order valence-electron chi connectivity index (χ0n) is 22.9. The molecule has 2 aromatic rings. The van der Waals surface area contributed by atoms with Crippen molar-refractivity contribution in [3.8, 4) is 0 Å². The molecule has 1 amide bonds. The Bertz CT molecular complexity index is 1340. The van der Waals surface area contributed by atoms with Crippen molar-refractivity contribution in [2.24, 2.45) is 0 Å². The number of hydrogen-bond donors (Lipinski definition) is 0. The topological polar surface area (TPSA) is 91.2 Å². The summed E-state index contributed by atoms with van der Waals surface area (Å²) >= 11 is 10.0. The molecule has 1 unspecified atom stereocenters. The van der Waals surface area contributed by atoms with Crippen molar-refractivity contribution >= 4 is 44.7 Å². The molecule has 0 bridgehead atoms. The number of halogens is 2. The lowest BCUT2D eigenvalue weighted by atomic mass is 9.84. The zero-order valence-corrected chi connectivity index (χ0v) is 25.3. The van der Waals surface area contributed by atoms with E-state index in [9.17, 15) is 4.79 Å². The Morgan fingerprint density at radius 1 is 1.15 bits per heavy atom. The number of carbonyl (C=O) groups excluding carboxylic acids is 1. The molecule has 12 heteroatoms. The minimum atomic E-state index is -0.737. The number of nitrogens with zero attached hydrogens (tertiary/aromatic N) is 5. The summed E-state index contributed by atoms with van der Waals surface area (Å²) in [6.45, 7) is 12.0. The number of likely N-dealkylation sites (tertiary alicyclic amines) is 2. The van der Waals surface area contributed by atoms with Crippen LogP contribution in [-0.2, 0) is 18.9 Å². The van der Waals surface area contributed by atoms with E-state index in [1.54, 1.807) is 0 Å². The third-order valence-electron chi connectivity index (χ3n) is 9.03. The highest BCUT2D eigenvalue weighted by atomic mass is 79.9. The van der Waals surface area contributed by atoms with Crippen molar-refractivity contribution in [1.82, 2.24) is 24.3 Å². The molecule has 0 N–H and O–H groups in total. The molecule has 7 rings (SSSR count). The van der Waals surface area contributed by atoms with Crippen LogP contribution in [0.4, 0.5) is 4.79 Å². The van der Waals surface area contributed by atoms with E-state index in [4.69, 9.17) is 30.5 Å². The SMILES string of the molecule is CC(C)(C)OC(=O)N1CCC2(CCCN2C2[C@H]3O[C@@H](n4cc(Br)c5c(Cl)ncnc54)[C@@H]4OC(C)(C)O[C@]234)CC1. The number of fused-ring (bicyclic) bond motifs is 1. The molecule has 1 saturated carbocycles. The molecule has 1 aliphatic carbocycles. The number of carbonyl (C=O) groups is 1. The van der Waals surface area contributed by atoms with Crippen molar-refractivity contribution < 1.29 is 23.7 Å². The van der Waals surface area contributed by atoms with Crippen LogP contribution in [0.25, 0.3) is 11.0 Å². The highest BCUT2D eigenvalue weighted by Crippen LogP contribution is 2.67. The van der Waals surface area contributed by atoms with E-state index >= 15 is 0 Å². The lowest BCUT2D eigenvalue weighted by Crippen LogP contribution is -2.56. The van der Waals surface area contributed by atoms with Crippen molar-refractivity contribution in [2.75, 3.05) is 19.6 Å². The maximum atomic E-state index is 12.7. The number of ether oxygens (including phenoxy) is 4. The van der Waals surface area contributed by atoms with Gasteiger partial charge < -0.3 is 28.4 Å². The summed E-state index contributed by atoms with van der Waals surface area (Å²) in [5, 5.41) is 1.14. The molecule has 2 spiro atoms. The number of piperidine rings is 1. The van der Waals surface area contributed by atoms with Gasteiger partial charge in [0.1, 0.15) is 40.5 Å². The third-order valence-corrected chi connectivity index (χ3v) is 9.92. The van der Waals surface area contributed by atoms with Crippen molar-refractivity contribution in [3.63, 3.8) is 0 Å². The molecule has 10 nitrogen and oxygen atoms in total. The number of hydrogen-bond acceptors (Lipinski definition) is 8. The van der Waals surface area contributed by atoms with E-state index in [-0.39, 0.29) is 29.9 Å². The third kappa shape index (κ3) is 3.90. The predicted octanol–water partition coefficient (Wildman–Crippen LogP) is 4.88. The molecule has 4 saturated heterocycles. The van der Waals surface area contributed by atoms with Gasteiger partial charge in [0.15, 0.2) is 12.0 Å². The molecule has 5 fully saturated rings. The van der Waals surface area contributed by atoms with Crippen LogP contribution in [-0.4, -0.2) is 90.8 Å². The Morgan fingerprint density at radius 3 is 2.62 bits per heavy atom. The molecule has 5 atom stereocenters. The summed E-state index contributed by atoms with van der Waals surface area (Å²) in [6.07, 6.45) is 6.41. The van der Waals surface area contributed by atoms with Crippen molar-refractivity contribution in [2.45, 2.75) is 107 Å². The first-order chi connectivity index (χ1) is 18.4. The quantitative estimate of drug-likeness (QED) is 0.437. The monoisotopic (exact) mass is 623 g/mol. The molecule has 0 aromatic carbocycles. The van der Waals surface area contributed by atoms with Gasteiger partial charge in [-0.25, -0.2) is 14.8 Å². The Kier molecular flexibility index (Phi) is 5.76. The van der Waals surface area contributed by atoms with E-state index in [0.717, 1.165) is 42.1 Å². The van der Waals surface area contributed by atoms with Gasteiger partial charge in [-0.2, -0.15) is 0 Å². The molecular weight excluding hydrogens is 590 g/mol. The minimum Gasteiger partial charge on any atom is -0.444 e. The molecular formula is C27H35BrClN5O5. The Labute approximate surface area is 241 Å². The Morgan fingerprint density at radius 2 is 1.90 bits per heavy atom.